The van der Waals surface area contributed by atoms with Gasteiger partial charge in [-0.15, -0.1) is 0 Å². The quantitative estimate of drug-likeness (QED) is 0.528. The van der Waals surface area contributed by atoms with Gasteiger partial charge in [-0.3, -0.25) is 18.9 Å². The molecule has 1 amide bonds. The molecular formula is C24H31N5O3. The lowest BCUT2D eigenvalue weighted by Crippen LogP contribution is -2.30. The van der Waals surface area contributed by atoms with Crippen LogP contribution in [-0.4, -0.2) is 40.3 Å². The maximum atomic E-state index is 12.9. The van der Waals surface area contributed by atoms with Crippen LogP contribution in [-0.2, 0) is 23.1 Å². The Balaban J connectivity index is 1.41. The molecule has 2 N–H and O–H groups in total. The van der Waals surface area contributed by atoms with Gasteiger partial charge in [0.1, 0.15) is 0 Å². The number of pyridine rings is 1. The van der Waals surface area contributed by atoms with Crippen LogP contribution >= 0.6 is 0 Å². The molecule has 1 aromatic carbocycles. The first kappa shape index (κ1) is 22.1. The minimum atomic E-state index is 0.00611. The molecule has 0 saturated heterocycles. The predicted molar refractivity (Wildman–Crippen MR) is 126 cm³/mol. The van der Waals surface area contributed by atoms with E-state index in [1.54, 1.807) is 36.2 Å². The minimum Gasteiger partial charge on any atom is -0.383 e. The van der Waals surface area contributed by atoms with E-state index < -0.39 is 0 Å². The lowest BCUT2D eigenvalue weighted by atomic mass is 9.81. The number of hydrogen-bond acceptors (Lipinski definition) is 5. The maximum Gasteiger partial charge on any atom is 0.328 e. The van der Waals surface area contributed by atoms with Crippen LogP contribution in [0.1, 0.15) is 25.7 Å². The number of rotatable bonds is 8. The fourth-order valence-electron chi connectivity index (χ4n) is 4.54. The molecule has 2 aromatic heterocycles. The standard InChI is InChI=1S/C24H31N5O3/c1-28-21-8-7-20(26-13-14-32-2)15-22(21)29(24(28)31)16-17-3-5-18(6-4-17)23(30)27-19-9-11-25-12-10-19/h7-12,15,17-18,26H,3-6,13-14,16H2,1-2H3,(H,25,27,30). The number of amides is 1. The number of ether oxygens (including phenoxy) is 1. The molecule has 3 aromatic rings. The molecule has 170 valence electrons. The summed E-state index contributed by atoms with van der Waals surface area (Å²) >= 11 is 0. The fourth-order valence-corrected chi connectivity index (χ4v) is 4.54. The van der Waals surface area contributed by atoms with Crippen molar-refractivity contribution in [2.45, 2.75) is 32.2 Å². The molecule has 1 fully saturated rings. The first-order valence-electron chi connectivity index (χ1n) is 11.2. The van der Waals surface area contributed by atoms with E-state index >= 15 is 0 Å². The van der Waals surface area contributed by atoms with Crippen molar-refractivity contribution >= 4 is 28.3 Å². The molecule has 0 aliphatic heterocycles. The SMILES string of the molecule is COCCNc1ccc2c(c1)n(CC1CCC(C(=O)Nc3ccncc3)CC1)c(=O)n2C. The molecule has 0 spiro atoms. The second kappa shape index (κ2) is 9.99. The number of aromatic nitrogens is 3. The Morgan fingerprint density at radius 1 is 1.09 bits per heavy atom. The van der Waals surface area contributed by atoms with Crippen molar-refractivity contribution in [3.63, 3.8) is 0 Å². The Labute approximate surface area is 187 Å². The Kier molecular flexibility index (Phi) is 6.90. The van der Waals surface area contributed by atoms with Crippen LogP contribution < -0.4 is 16.3 Å². The molecule has 0 radical (unpaired) electrons. The van der Waals surface area contributed by atoms with Gasteiger partial charge in [-0.2, -0.15) is 0 Å². The maximum absolute atomic E-state index is 12.9. The molecule has 8 heteroatoms. The van der Waals surface area contributed by atoms with Crippen molar-refractivity contribution in [2.24, 2.45) is 18.9 Å². The second-order valence-electron chi connectivity index (χ2n) is 8.52. The average molecular weight is 438 g/mol. The number of hydrogen-bond donors (Lipinski definition) is 2. The Hall–Kier alpha value is -3.13. The van der Waals surface area contributed by atoms with Crippen LogP contribution in [0.25, 0.3) is 11.0 Å². The zero-order chi connectivity index (χ0) is 22.5. The van der Waals surface area contributed by atoms with E-state index in [0.717, 1.165) is 48.1 Å². The van der Waals surface area contributed by atoms with Crippen molar-refractivity contribution in [2.75, 3.05) is 30.9 Å². The average Bonchev–Trinajstić information content (AvgIpc) is 3.05. The molecule has 2 heterocycles. The van der Waals surface area contributed by atoms with E-state index in [4.69, 9.17) is 4.74 Å². The van der Waals surface area contributed by atoms with E-state index in [1.807, 2.05) is 29.8 Å². The van der Waals surface area contributed by atoms with Gasteiger partial charge < -0.3 is 15.4 Å². The lowest BCUT2D eigenvalue weighted by Gasteiger charge is -2.28. The minimum absolute atomic E-state index is 0.00611. The first-order valence-corrected chi connectivity index (χ1v) is 11.2. The van der Waals surface area contributed by atoms with Crippen LogP contribution in [0, 0.1) is 11.8 Å². The van der Waals surface area contributed by atoms with Crippen LogP contribution in [0.5, 0.6) is 0 Å². The molecule has 4 rings (SSSR count). The lowest BCUT2D eigenvalue weighted by molar-refractivity contribution is -0.121. The molecule has 0 atom stereocenters. The number of benzene rings is 1. The number of carbonyl (C=O) groups excluding carboxylic acids is 1. The van der Waals surface area contributed by atoms with Gasteiger partial charge in [0.2, 0.25) is 5.91 Å². The van der Waals surface area contributed by atoms with E-state index in [2.05, 4.69) is 15.6 Å². The zero-order valence-corrected chi connectivity index (χ0v) is 18.7. The van der Waals surface area contributed by atoms with Crippen LogP contribution in [0.15, 0.2) is 47.5 Å². The number of imidazole rings is 1. The van der Waals surface area contributed by atoms with E-state index in [9.17, 15) is 9.59 Å². The zero-order valence-electron chi connectivity index (χ0n) is 18.7. The second-order valence-corrected chi connectivity index (χ2v) is 8.52. The number of fused-ring (bicyclic) bond motifs is 1. The summed E-state index contributed by atoms with van der Waals surface area (Å²) in [5, 5.41) is 6.32. The molecular weight excluding hydrogens is 406 g/mol. The van der Waals surface area contributed by atoms with Gasteiger partial charge in [0.15, 0.2) is 0 Å². The number of nitrogens with zero attached hydrogens (tertiary/aromatic N) is 3. The van der Waals surface area contributed by atoms with Gasteiger partial charge in [0.25, 0.3) is 0 Å². The molecule has 32 heavy (non-hydrogen) atoms. The third-order valence-corrected chi connectivity index (χ3v) is 6.39. The largest absolute Gasteiger partial charge is 0.383 e. The Bertz CT molecular complexity index is 1110. The van der Waals surface area contributed by atoms with Gasteiger partial charge in [-0.1, -0.05) is 0 Å². The van der Waals surface area contributed by atoms with Gasteiger partial charge in [-0.05, 0) is 61.9 Å². The van der Waals surface area contributed by atoms with Gasteiger partial charge in [0, 0.05) is 56.9 Å². The molecule has 1 saturated carbocycles. The number of methoxy groups -OCH3 is 1. The van der Waals surface area contributed by atoms with Gasteiger partial charge in [0.05, 0.1) is 17.6 Å². The predicted octanol–water partition coefficient (Wildman–Crippen LogP) is 3.24. The summed E-state index contributed by atoms with van der Waals surface area (Å²) in [5.41, 5.74) is 3.64. The van der Waals surface area contributed by atoms with E-state index in [1.165, 1.54) is 0 Å². The highest BCUT2D eigenvalue weighted by Gasteiger charge is 2.27. The van der Waals surface area contributed by atoms with Crippen LogP contribution in [0.4, 0.5) is 11.4 Å². The molecule has 1 aliphatic carbocycles. The highest BCUT2D eigenvalue weighted by Crippen LogP contribution is 2.31. The van der Waals surface area contributed by atoms with Crippen LogP contribution in [0.2, 0.25) is 0 Å². The topological polar surface area (TPSA) is 90.2 Å². The number of carbonyl (C=O) groups is 1. The fraction of sp³-hybridized carbons (Fsp3) is 0.458. The van der Waals surface area contributed by atoms with Crippen molar-refractivity contribution in [1.29, 1.82) is 0 Å². The van der Waals surface area contributed by atoms with Crippen molar-refractivity contribution in [3.8, 4) is 0 Å². The summed E-state index contributed by atoms with van der Waals surface area (Å²) in [7, 11) is 3.50. The molecule has 1 aliphatic rings. The highest BCUT2D eigenvalue weighted by atomic mass is 16.5. The number of anilines is 2. The highest BCUT2D eigenvalue weighted by molar-refractivity contribution is 5.92. The van der Waals surface area contributed by atoms with E-state index in [0.29, 0.717) is 25.6 Å². The van der Waals surface area contributed by atoms with Crippen LogP contribution in [0.3, 0.4) is 0 Å². The van der Waals surface area contributed by atoms with Gasteiger partial charge >= 0.3 is 5.69 Å². The normalized spacial score (nSPS) is 18.6. The van der Waals surface area contributed by atoms with Gasteiger partial charge in [-0.25, -0.2) is 4.79 Å². The molecule has 0 bridgehead atoms. The summed E-state index contributed by atoms with van der Waals surface area (Å²) in [6.07, 6.45) is 6.89. The third-order valence-electron chi connectivity index (χ3n) is 6.39. The summed E-state index contributed by atoms with van der Waals surface area (Å²) in [6, 6.07) is 9.63. The summed E-state index contributed by atoms with van der Waals surface area (Å²) in [6.45, 7) is 2.01. The number of aryl methyl sites for hydroxylation is 1. The summed E-state index contributed by atoms with van der Waals surface area (Å²) in [4.78, 5) is 29.5. The van der Waals surface area contributed by atoms with Crippen molar-refractivity contribution in [3.05, 3.63) is 53.2 Å². The summed E-state index contributed by atoms with van der Waals surface area (Å²) in [5.74, 6) is 0.470. The Morgan fingerprint density at radius 3 is 2.56 bits per heavy atom. The number of nitrogens with one attached hydrogen (secondary N) is 2. The molecule has 0 unspecified atom stereocenters. The van der Waals surface area contributed by atoms with Crippen molar-refractivity contribution < 1.29 is 9.53 Å². The Morgan fingerprint density at radius 2 is 1.84 bits per heavy atom. The van der Waals surface area contributed by atoms with E-state index in [-0.39, 0.29) is 17.5 Å². The first-order chi connectivity index (χ1) is 15.6. The monoisotopic (exact) mass is 437 g/mol. The molecule has 8 nitrogen and oxygen atoms in total. The third kappa shape index (κ3) is 4.85. The smallest absolute Gasteiger partial charge is 0.328 e. The van der Waals surface area contributed by atoms with Crippen molar-refractivity contribution in [1.82, 2.24) is 14.1 Å². The summed E-state index contributed by atoms with van der Waals surface area (Å²) < 4.78 is 8.70.